The zero-order valence-electron chi connectivity index (χ0n) is 9.44. The highest BCUT2D eigenvalue weighted by molar-refractivity contribution is 5.74. The minimum Gasteiger partial charge on any atom is -0.508 e. The predicted molar refractivity (Wildman–Crippen MR) is 68.6 cm³/mol. The highest BCUT2D eigenvalue weighted by atomic mass is 16.3. The number of anilines is 3. The van der Waals surface area contributed by atoms with E-state index in [1.54, 1.807) is 18.2 Å². The van der Waals surface area contributed by atoms with Crippen molar-refractivity contribution in [3.05, 3.63) is 42.0 Å². The summed E-state index contributed by atoms with van der Waals surface area (Å²) in [6.07, 6.45) is 0. The number of nitrogen functional groups attached to an aromatic ring is 1. The van der Waals surface area contributed by atoms with E-state index < -0.39 is 0 Å². The average Bonchev–Trinajstić information content (AvgIpc) is 2.29. The lowest BCUT2D eigenvalue weighted by atomic mass is 10.2. The monoisotopic (exact) mass is 230 g/mol. The summed E-state index contributed by atoms with van der Waals surface area (Å²) in [5.41, 5.74) is 8.42. The second-order valence-electron chi connectivity index (χ2n) is 3.90. The van der Waals surface area contributed by atoms with Crippen LogP contribution in [0.15, 0.2) is 36.4 Å². The van der Waals surface area contributed by atoms with Crippen molar-refractivity contribution >= 4 is 17.1 Å². The van der Waals surface area contributed by atoms with Crippen molar-refractivity contribution in [2.45, 2.75) is 6.92 Å². The zero-order valence-corrected chi connectivity index (χ0v) is 9.44. The van der Waals surface area contributed by atoms with Gasteiger partial charge in [-0.25, -0.2) is 0 Å². The van der Waals surface area contributed by atoms with Gasteiger partial charge in [0, 0.05) is 17.8 Å². The van der Waals surface area contributed by atoms with Gasteiger partial charge in [0.25, 0.3) is 0 Å². The Morgan fingerprint density at radius 3 is 2.53 bits per heavy atom. The second kappa shape index (κ2) is 4.25. The Balaban J connectivity index is 2.31. The van der Waals surface area contributed by atoms with Crippen LogP contribution in [-0.4, -0.2) is 10.2 Å². The van der Waals surface area contributed by atoms with Gasteiger partial charge >= 0.3 is 0 Å². The van der Waals surface area contributed by atoms with Gasteiger partial charge in [0.2, 0.25) is 0 Å². The molecule has 0 saturated carbocycles. The number of phenols is 2. The van der Waals surface area contributed by atoms with Gasteiger partial charge in [-0.3, -0.25) is 0 Å². The normalized spacial score (nSPS) is 10.2. The van der Waals surface area contributed by atoms with Crippen molar-refractivity contribution in [3.63, 3.8) is 0 Å². The lowest BCUT2D eigenvalue weighted by Gasteiger charge is -2.10. The number of hydrogen-bond acceptors (Lipinski definition) is 4. The largest absolute Gasteiger partial charge is 0.508 e. The molecule has 2 aromatic rings. The Kier molecular flexibility index (Phi) is 2.78. The number of phenolic OH excluding ortho intramolecular Hbond substituents is 2. The molecule has 88 valence electrons. The SMILES string of the molecule is Cc1ccc(Nc2cc(O)ccc2N)cc1O. The minimum absolute atomic E-state index is 0.137. The first-order chi connectivity index (χ1) is 8.06. The van der Waals surface area contributed by atoms with E-state index in [-0.39, 0.29) is 11.5 Å². The maximum absolute atomic E-state index is 9.58. The van der Waals surface area contributed by atoms with Gasteiger partial charge in [0.1, 0.15) is 11.5 Å². The summed E-state index contributed by atoms with van der Waals surface area (Å²) in [6, 6.07) is 9.92. The maximum atomic E-state index is 9.58. The van der Waals surface area contributed by atoms with Crippen LogP contribution in [0.3, 0.4) is 0 Å². The van der Waals surface area contributed by atoms with E-state index in [2.05, 4.69) is 5.32 Å². The van der Waals surface area contributed by atoms with E-state index in [4.69, 9.17) is 5.73 Å². The predicted octanol–water partition coefficient (Wildman–Crippen LogP) is 2.73. The van der Waals surface area contributed by atoms with E-state index >= 15 is 0 Å². The number of aromatic hydroxyl groups is 2. The molecule has 0 radical (unpaired) electrons. The van der Waals surface area contributed by atoms with Crippen LogP contribution in [0.2, 0.25) is 0 Å². The molecule has 0 aromatic heterocycles. The Bertz CT molecular complexity index is 553. The molecule has 5 N–H and O–H groups in total. The highest BCUT2D eigenvalue weighted by Gasteiger charge is 2.03. The Morgan fingerprint density at radius 2 is 1.82 bits per heavy atom. The summed E-state index contributed by atoms with van der Waals surface area (Å²) < 4.78 is 0. The summed E-state index contributed by atoms with van der Waals surface area (Å²) in [6.45, 7) is 1.82. The van der Waals surface area contributed by atoms with E-state index in [9.17, 15) is 10.2 Å². The van der Waals surface area contributed by atoms with Gasteiger partial charge < -0.3 is 21.3 Å². The van der Waals surface area contributed by atoms with E-state index in [1.807, 2.05) is 13.0 Å². The summed E-state index contributed by atoms with van der Waals surface area (Å²) in [5.74, 6) is 0.353. The zero-order chi connectivity index (χ0) is 12.4. The van der Waals surface area contributed by atoms with Gasteiger partial charge in [-0.15, -0.1) is 0 Å². The molecular formula is C13H14N2O2. The van der Waals surface area contributed by atoms with Crippen LogP contribution in [0.5, 0.6) is 11.5 Å². The molecule has 0 fully saturated rings. The molecule has 17 heavy (non-hydrogen) atoms. The molecule has 0 amide bonds. The molecule has 2 rings (SSSR count). The van der Waals surface area contributed by atoms with Crippen LogP contribution in [0, 0.1) is 6.92 Å². The first-order valence-corrected chi connectivity index (χ1v) is 5.21. The molecule has 0 aliphatic carbocycles. The first kappa shape index (κ1) is 11.1. The summed E-state index contributed by atoms with van der Waals surface area (Å²) in [4.78, 5) is 0. The molecule has 2 aromatic carbocycles. The number of benzene rings is 2. The van der Waals surface area contributed by atoms with Crippen molar-refractivity contribution in [3.8, 4) is 11.5 Å². The van der Waals surface area contributed by atoms with E-state index in [0.717, 1.165) is 5.56 Å². The third-order valence-corrected chi connectivity index (χ3v) is 2.53. The summed E-state index contributed by atoms with van der Waals surface area (Å²) in [7, 11) is 0. The van der Waals surface area contributed by atoms with Crippen LogP contribution in [0.1, 0.15) is 5.56 Å². The lowest BCUT2D eigenvalue weighted by Crippen LogP contribution is -1.96. The number of nitrogens with one attached hydrogen (secondary N) is 1. The Labute approximate surface area is 99.3 Å². The molecule has 0 unspecified atom stereocenters. The fraction of sp³-hybridized carbons (Fsp3) is 0.0769. The molecule has 0 aliphatic rings. The molecule has 0 aliphatic heterocycles. The summed E-state index contributed by atoms with van der Waals surface area (Å²) in [5, 5.41) is 22.0. The standard InChI is InChI=1S/C13H14N2O2/c1-8-2-3-9(6-13(8)17)15-12-7-10(16)4-5-11(12)14/h2-7,15-17H,14H2,1H3. The third-order valence-electron chi connectivity index (χ3n) is 2.53. The first-order valence-electron chi connectivity index (χ1n) is 5.21. The number of aryl methyl sites for hydroxylation is 1. The fourth-order valence-corrected chi connectivity index (χ4v) is 1.50. The van der Waals surface area contributed by atoms with Gasteiger partial charge in [0.05, 0.1) is 11.4 Å². The van der Waals surface area contributed by atoms with E-state index in [1.165, 1.54) is 12.1 Å². The molecule has 0 bridgehead atoms. The number of hydrogen-bond donors (Lipinski definition) is 4. The second-order valence-corrected chi connectivity index (χ2v) is 3.90. The van der Waals surface area contributed by atoms with Crippen molar-refractivity contribution in [2.24, 2.45) is 0 Å². The van der Waals surface area contributed by atoms with Gasteiger partial charge in [-0.05, 0) is 30.7 Å². The van der Waals surface area contributed by atoms with Crippen molar-refractivity contribution in [2.75, 3.05) is 11.1 Å². The fourth-order valence-electron chi connectivity index (χ4n) is 1.50. The quantitative estimate of drug-likeness (QED) is 0.472. The number of nitrogens with two attached hydrogens (primary N) is 1. The molecule has 0 spiro atoms. The summed E-state index contributed by atoms with van der Waals surface area (Å²) >= 11 is 0. The molecule has 0 atom stereocenters. The maximum Gasteiger partial charge on any atom is 0.120 e. The van der Waals surface area contributed by atoms with Crippen LogP contribution in [0.4, 0.5) is 17.1 Å². The van der Waals surface area contributed by atoms with Crippen LogP contribution in [-0.2, 0) is 0 Å². The third kappa shape index (κ3) is 2.42. The van der Waals surface area contributed by atoms with Gasteiger partial charge in [-0.2, -0.15) is 0 Å². The molecule has 0 saturated heterocycles. The van der Waals surface area contributed by atoms with Crippen LogP contribution < -0.4 is 11.1 Å². The molecular weight excluding hydrogens is 216 g/mol. The topological polar surface area (TPSA) is 78.5 Å². The Morgan fingerprint density at radius 1 is 1.06 bits per heavy atom. The van der Waals surface area contributed by atoms with Crippen LogP contribution in [0.25, 0.3) is 0 Å². The number of rotatable bonds is 2. The van der Waals surface area contributed by atoms with Crippen molar-refractivity contribution in [1.82, 2.24) is 0 Å². The lowest BCUT2D eigenvalue weighted by molar-refractivity contribution is 0.471. The molecule has 0 heterocycles. The molecule has 4 heteroatoms. The smallest absolute Gasteiger partial charge is 0.120 e. The van der Waals surface area contributed by atoms with Crippen molar-refractivity contribution < 1.29 is 10.2 Å². The minimum atomic E-state index is 0.137. The van der Waals surface area contributed by atoms with Gasteiger partial charge in [0.15, 0.2) is 0 Å². The highest BCUT2D eigenvalue weighted by Crippen LogP contribution is 2.29. The average molecular weight is 230 g/mol. The van der Waals surface area contributed by atoms with Gasteiger partial charge in [-0.1, -0.05) is 6.07 Å². The Hall–Kier alpha value is -2.36. The van der Waals surface area contributed by atoms with Crippen LogP contribution >= 0.6 is 0 Å². The van der Waals surface area contributed by atoms with Crippen molar-refractivity contribution in [1.29, 1.82) is 0 Å². The van der Waals surface area contributed by atoms with E-state index in [0.29, 0.717) is 17.1 Å². The molecule has 4 nitrogen and oxygen atoms in total.